The molecule has 1 heterocycles. The normalized spacial score (nSPS) is 24.5. The molecule has 16 heavy (non-hydrogen) atoms. The highest BCUT2D eigenvalue weighted by Gasteiger charge is 2.34. The fraction of sp³-hybridized carbons (Fsp3) is 0.462. The molecular weight excluding hydrogens is 224 g/mol. The maximum Gasteiger partial charge on any atom is 0.306 e. The van der Waals surface area contributed by atoms with Crippen molar-refractivity contribution in [3.8, 4) is 0 Å². The van der Waals surface area contributed by atoms with E-state index in [-0.39, 0.29) is 18.0 Å². The van der Waals surface area contributed by atoms with Crippen LogP contribution in [0.2, 0.25) is 5.02 Å². The Kier molecular flexibility index (Phi) is 3.49. The molecule has 0 amide bonds. The fourth-order valence-electron chi connectivity index (χ4n) is 2.20. The number of hydrogen-bond acceptors (Lipinski definition) is 2. The molecule has 1 aromatic carbocycles. The number of cyclic esters (lactones) is 1. The van der Waals surface area contributed by atoms with Crippen molar-refractivity contribution in [3.63, 3.8) is 0 Å². The van der Waals surface area contributed by atoms with Crippen LogP contribution in [0.4, 0.5) is 0 Å². The summed E-state index contributed by atoms with van der Waals surface area (Å²) in [5, 5.41) is 0.723. The van der Waals surface area contributed by atoms with Crippen LogP contribution in [0.1, 0.15) is 37.7 Å². The van der Waals surface area contributed by atoms with Gasteiger partial charge in [0.15, 0.2) is 0 Å². The van der Waals surface area contributed by atoms with Gasteiger partial charge < -0.3 is 4.74 Å². The van der Waals surface area contributed by atoms with Gasteiger partial charge in [-0.1, -0.05) is 37.1 Å². The van der Waals surface area contributed by atoms with Gasteiger partial charge in [0.25, 0.3) is 0 Å². The van der Waals surface area contributed by atoms with Gasteiger partial charge in [-0.25, -0.2) is 0 Å². The Labute approximate surface area is 101 Å². The second kappa shape index (κ2) is 4.88. The largest absolute Gasteiger partial charge is 0.462 e. The fourth-order valence-corrected chi connectivity index (χ4v) is 2.32. The molecule has 0 unspecified atom stereocenters. The van der Waals surface area contributed by atoms with Gasteiger partial charge in [-0.3, -0.25) is 4.79 Å². The maximum absolute atomic E-state index is 11.3. The number of halogens is 1. The average Bonchev–Trinajstić information content (AvgIpc) is 2.61. The van der Waals surface area contributed by atoms with E-state index in [2.05, 4.69) is 6.92 Å². The topological polar surface area (TPSA) is 26.3 Å². The van der Waals surface area contributed by atoms with E-state index in [0.29, 0.717) is 6.42 Å². The summed E-state index contributed by atoms with van der Waals surface area (Å²) in [7, 11) is 0. The lowest BCUT2D eigenvalue weighted by molar-refractivity contribution is -0.141. The first kappa shape index (κ1) is 11.5. The van der Waals surface area contributed by atoms with Crippen molar-refractivity contribution in [1.29, 1.82) is 0 Å². The Morgan fingerprint density at radius 2 is 2.06 bits per heavy atom. The van der Waals surface area contributed by atoms with Gasteiger partial charge in [-0.05, 0) is 24.1 Å². The molecule has 0 spiro atoms. The monoisotopic (exact) mass is 238 g/mol. The van der Waals surface area contributed by atoms with Crippen LogP contribution >= 0.6 is 11.6 Å². The molecule has 0 bridgehead atoms. The number of carbonyl (C=O) groups excluding carboxylic acids is 1. The summed E-state index contributed by atoms with van der Waals surface area (Å²) in [6, 6.07) is 7.70. The lowest BCUT2D eigenvalue weighted by Crippen LogP contribution is -2.14. The van der Waals surface area contributed by atoms with E-state index >= 15 is 0 Å². The molecule has 2 rings (SSSR count). The molecule has 1 aromatic rings. The number of carbonyl (C=O) groups is 1. The van der Waals surface area contributed by atoms with Gasteiger partial charge in [0.05, 0.1) is 6.42 Å². The molecule has 1 aliphatic heterocycles. The molecule has 3 heteroatoms. The highest BCUT2D eigenvalue weighted by molar-refractivity contribution is 6.30. The predicted molar refractivity (Wildman–Crippen MR) is 63.6 cm³/mol. The van der Waals surface area contributed by atoms with Gasteiger partial charge in [0.1, 0.15) is 6.10 Å². The van der Waals surface area contributed by atoms with E-state index in [1.807, 2.05) is 24.3 Å². The third-order valence-electron chi connectivity index (χ3n) is 2.99. The van der Waals surface area contributed by atoms with Crippen LogP contribution in [0.5, 0.6) is 0 Å². The SMILES string of the molecule is CCC[C@@H]1OC(=O)C[C@H]1c1ccc(Cl)cc1. The van der Waals surface area contributed by atoms with Crippen molar-refractivity contribution in [2.45, 2.75) is 38.2 Å². The van der Waals surface area contributed by atoms with Crippen LogP contribution < -0.4 is 0 Å². The summed E-state index contributed by atoms with van der Waals surface area (Å²) in [5.41, 5.74) is 1.15. The highest BCUT2D eigenvalue weighted by atomic mass is 35.5. The average molecular weight is 239 g/mol. The van der Waals surface area contributed by atoms with E-state index in [9.17, 15) is 4.79 Å². The van der Waals surface area contributed by atoms with Crippen LogP contribution in [-0.2, 0) is 9.53 Å². The highest BCUT2D eigenvalue weighted by Crippen LogP contribution is 2.34. The smallest absolute Gasteiger partial charge is 0.306 e. The Bertz CT molecular complexity index is 372. The van der Waals surface area contributed by atoms with Crippen molar-refractivity contribution in [2.24, 2.45) is 0 Å². The molecule has 0 aromatic heterocycles. The summed E-state index contributed by atoms with van der Waals surface area (Å²) < 4.78 is 5.33. The van der Waals surface area contributed by atoms with Crippen molar-refractivity contribution < 1.29 is 9.53 Å². The second-order valence-corrected chi connectivity index (χ2v) is 4.62. The molecule has 1 fully saturated rings. The first-order valence-electron chi connectivity index (χ1n) is 5.65. The Balaban J connectivity index is 2.18. The first-order chi connectivity index (χ1) is 7.70. The van der Waals surface area contributed by atoms with E-state index < -0.39 is 0 Å². The number of hydrogen-bond donors (Lipinski definition) is 0. The van der Waals surface area contributed by atoms with E-state index in [0.717, 1.165) is 23.4 Å². The molecule has 0 N–H and O–H groups in total. The molecular formula is C13H15ClO2. The van der Waals surface area contributed by atoms with E-state index in [1.54, 1.807) is 0 Å². The van der Waals surface area contributed by atoms with Crippen LogP contribution in [0, 0.1) is 0 Å². The standard InChI is InChI=1S/C13H15ClO2/c1-2-3-12-11(8-13(15)16-12)9-4-6-10(14)7-5-9/h4-7,11-12H,2-3,8H2,1H3/t11-,12-/m0/s1. The minimum Gasteiger partial charge on any atom is -0.462 e. The summed E-state index contributed by atoms with van der Waals surface area (Å²) in [5.74, 6) is 0.114. The lowest BCUT2D eigenvalue weighted by atomic mass is 9.90. The van der Waals surface area contributed by atoms with Gasteiger partial charge in [0.2, 0.25) is 0 Å². The van der Waals surface area contributed by atoms with Crippen LogP contribution in [0.3, 0.4) is 0 Å². The molecule has 2 nitrogen and oxygen atoms in total. The van der Waals surface area contributed by atoms with E-state index in [4.69, 9.17) is 16.3 Å². The minimum absolute atomic E-state index is 0.0404. The third-order valence-corrected chi connectivity index (χ3v) is 3.24. The Hall–Kier alpha value is -1.02. The van der Waals surface area contributed by atoms with Crippen LogP contribution in [0.25, 0.3) is 0 Å². The quantitative estimate of drug-likeness (QED) is 0.753. The molecule has 0 radical (unpaired) electrons. The zero-order chi connectivity index (χ0) is 11.5. The zero-order valence-corrected chi connectivity index (χ0v) is 10.0. The number of rotatable bonds is 3. The van der Waals surface area contributed by atoms with Gasteiger partial charge in [-0.2, -0.15) is 0 Å². The number of benzene rings is 1. The second-order valence-electron chi connectivity index (χ2n) is 4.18. The van der Waals surface area contributed by atoms with Crippen molar-refractivity contribution >= 4 is 17.6 Å². The number of ether oxygens (including phenoxy) is 1. The summed E-state index contributed by atoms with van der Waals surface area (Å²) in [6.07, 6.45) is 2.49. The Morgan fingerprint density at radius 3 is 2.69 bits per heavy atom. The Morgan fingerprint density at radius 1 is 1.38 bits per heavy atom. The van der Waals surface area contributed by atoms with E-state index in [1.165, 1.54) is 0 Å². The van der Waals surface area contributed by atoms with Gasteiger partial charge in [-0.15, -0.1) is 0 Å². The molecule has 0 aliphatic carbocycles. The molecule has 1 aliphatic rings. The summed E-state index contributed by atoms with van der Waals surface area (Å²) >= 11 is 5.85. The van der Waals surface area contributed by atoms with Gasteiger partial charge >= 0.3 is 5.97 Å². The lowest BCUT2D eigenvalue weighted by Gasteiger charge is -2.16. The summed E-state index contributed by atoms with van der Waals surface area (Å²) in [4.78, 5) is 11.3. The molecule has 0 saturated carbocycles. The van der Waals surface area contributed by atoms with Crippen LogP contribution in [0.15, 0.2) is 24.3 Å². The van der Waals surface area contributed by atoms with Gasteiger partial charge in [0, 0.05) is 10.9 Å². The predicted octanol–water partition coefficient (Wildman–Crippen LogP) is 3.54. The maximum atomic E-state index is 11.3. The molecule has 2 atom stereocenters. The van der Waals surface area contributed by atoms with Crippen molar-refractivity contribution in [1.82, 2.24) is 0 Å². The zero-order valence-electron chi connectivity index (χ0n) is 9.28. The molecule has 1 saturated heterocycles. The molecule has 86 valence electrons. The summed E-state index contributed by atoms with van der Waals surface area (Å²) in [6.45, 7) is 2.10. The number of esters is 1. The van der Waals surface area contributed by atoms with Crippen molar-refractivity contribution in [3.05, 3.63) is 34.9 Å². The third kappa shape index (κ3) is 2.38. The minimum atomic E-state index is -0.0848. The van der Waals surface area contributed by atoms with Crippen LogP contribution in [-0.4, -0.2) is 12.1 Å². The first-order valence-corrected chi connectivity index (χ1v) is 6.03. The van der Waals surface area contributed by atoms with Crippen molar-refractivity contribution in [2.75, 3.05) is 0 Å².